The summed E-state index contributed by atoms with van der Waals surface area (Å²) in [5.74, 6) is -0.642. The van der Waals surface area contributed by atoms with E-state index in [-0.39, 0.29) is 18.9 Å². The summed E-state index contributed by atoms with van der Waals surface area (Å²) >= 11 is 5.19. The van der Waals surface area contributed by atoms with Crippen molar-refractivity contribution in [1.82, 2.24) is 0 Å². The summed E-state index contributed by atoms with van der Waals surface area (Å²) in [4.78, 5) is 10.6. The van der Waals surface area contributed by atoms with Gasteiger partial charge in [-0.05, 0) is 0 Å². The van der Waals surface area contributed by atoms with Crippen LogP contribution >= 0.6 is 11.6 Å². The summed E-state index contributed by atoms with van der Waals surface area (Å²) in [5.41, 5.74) is 0. The second-order valence-corrected chi connectivity index (χ2v) is 2.23. The monoisotopic (exact) mass is 184 g/mol. The molecule has 0 aromatic carbocycles. The van der Waals surface area contributed by atoms with Gasteiger partial charge in [0.1, 0.15) is 6.61 Å². The molecule has 0 amide bonds. The number of rotatable bonds is 5. The molecule has 0 fully saturated rings. The van der Waals surface area contributed by atoms with E-state index < -0.39 is 18.7 Å². The number of carbonyl (C=O) groups excluding carboxylic acids is 1. The van der Waals surface area contributed by atoms with E-state index in [1.165, 1.54) is 0 Å². The van der Waals surface area contributed by atoms with Crippen molar-refractivity contribution >= 4 is 17.6 Å². The first-order valence-electron chi connectivity index (χ1n) is 3.19. The van der Waals surface area contributed by atoms with Crippen LogP contribution in [0.4, 0.5) is 4.39 Å². The van der Waals surface area contributed by atoms with Crippen molar-refractivity contribution in [3.63, 3.8) is 0 Å². The zero-order valence-electron chi connectivity index (χ0n) is 5.93. The molecule has 0 saturated carbocycles. The number of alkyl halides is 2. The minimum Gasteiger partial charge on any atom is -0.463 e. The predicted molar refractivity (Wildman–Crippen MR) is 38.3 cm³/mol. The Morgan fingerprint density at radius 2 is 2.36 bits per heavy atom. The van der Waals surface area contributed by atoms with E-state index in [9.17, 15) is 9.18 Å². The second-order valence-electron chi connectivity index (χ2n) is 1.85. The van der Waals surface area contributed by atoms with E-state index in [1.807, 2.05) is 0 Å². The van der Waals surface area contributed by atoms with Gasteiger partial charge in [0, 0.05) is 6.42 Å². The van der Waals surface area contributed by atoms with Crippen LogP contribution in [-0.4, -0.2) is 36.3 Å². The fourth-order valence-corrected chi connectivity index (χ4v) is 0.534. The van der Waals surface area contributed by atoms with Crippen LogP contribution in [0.5, 0.6) is 0 Å². The van der Waals surface area contributed by atoms with Crippen LogP contribution < -0.4 is 0 Å². The molecule has 1 unspecified atom stereocenters. The zero-order chi connectivity index (χ0) is 8.69. The molecule has 0 aliphatic carbocycles. The van der Waals surface area contributed by atoms with E-state index >= 15 is 0 Å². The Bertz CT molecular complexity index is 120. The van der Waals surface area contributed by atoms with Crippen LogP contribution in [0.2, 0.25) is 0 Å². The molecule has 0 rings (SSSR count). The van der Waals surface area contributed by atoms with Gasteiger partial charge in [-0.15, -0.1) is 11.6 Å². The Morgan fingerprint density at radius 3 is 2.82 bits per heavy atom. The van der Waals surface area contributed by atoms with Crippen LogP contribution in [0.3, 0.4) is 0 Å². The first kappa shape index (κ1) is 10.7. The maximum Gasteiger partial charge on any atom is 0.335 e. The van der Waals surface area contributed by atoms with Gasteiger partial charge in [-0.3, -0.25) is 4.39 Å². The lowest BCUT2D eigenvalue weighted by Gasteiger charge is -2.06. The van der Waals surface area contributed by atoms with Gasteiger partial charge in [0.25, 0.3) is 0 Å². The average Bonchev–Trinajstić information content (AvgIpc) is 2.00. The van der Waals surface area contributed by atoms with Crippen molar-refractivity contribution in [3.8, 4) is 0 Å². The Labute approximate surface area is 69.1 Å². The van der Waals surface area contributed by atoms with Gasteiger partial charge in [-0.2, -0.15) is 0 Å². The van der Waals surface area contributed by atoms with Crippen molar-refractivity contribution in [2.75, 3.05) is 19.2 Å². The number of hydrogen-bond acceptors (Lipinski definition) is 3. The molecule has 0 spiro atoms. The molecular weight excluding hydrogens is 175 g/mol. The highest BCUT2D eigenvalue weighted by Gasteiger charge is 2.15. The molecule has 0 aliphatic rings. The molecule has 0 aliphatic heterocycles. The summed E-state index contributed by atoms with van der Waals surface area (Å²) in [6.45, 7) is -0.694. The van der Waals surface area contributed by atoms with Crippen LogP contribution in [0.15, 0.2) is 0 Å². The molecular formula is C6H10ClFO3. The molecule has 0 radical (unpaired) electrons. The van der Waals surface area contributed by atoms with Crippen LogP contribution in [-0.2, 0) is 9.53 Å². The highest BCUT2D eigenvalue weighted by Crippen LogP contribution is 1.95. The lowest BCUT2D eigenvalue weighted by atomic mass is 10.3. The Morgan fingerprint density at radius 1 is 1.73 bits per heavy atom. The Hall–Kier alpha value is -0.350. The van der Waals surface area contributed by atoms with Crippen LogP contribution in [0.25, 0.3) is 0 Å². The maximum absolute atomic E-state index is 11.5. The molecule has 11 heavy (non-hydrogen) atoms. The number of aliphatic hydroxyl groups excluding tert-OH is 1. The van der Waals surface area contributed by atoms with Crippen LogP contribution in [0, 0.1) is 0 Å². The molecule has 3 nitrogen and oxygen atoms in total. The topological polar surface area (TPSA) is 46.5 Å². The number of hydrogen-bond donors (Lipinski definition) is 1. The Kier molecular flexibility index (Phi) is 6.16. The summed E-state index contributed by atoms with van der Waals surface area (Å²) in [6.07, 6.45) is -1.58. The first-order chi connectivity index (χ1) is 5.22. The molecule has 1 N–H and O–H groups in total. The average molecular weight is 185 g/mol. The van der Waals surface area contributed by atoms with E-state index in [1.54, 1.807) is 0 Å². The number of ether oxygens (including phenoxy) is 1. The summed E-state index contributed by atoms with van der Waals surface area (Å²) in [7, 11) is 0. The van der Waals surface area contributed by atoms with Gasteiger partial charge in [0.05, 0.1) is 12.6 Å². The van der Waals surface area contributed by atoms with E-state index in [2.05, 4.69) is 4.74 Å². The molecule has 0 aromatic heterocycles. The molecule has 0 bridgehead atoms. The first-order valence-corrected chi connectivity index (χ1v) is 3.72. The predicted octanol–water partition coefficient (Wildman–Crippen LogP) is 0.489. The quantitative estimate of drug-likeness (QED) is 0.500. The normalized spacial score (nSPS) is 12.6. The zero-order valence-corrected chi connectivity index (χ0v) is 6.68. The van der Waals surface area contributed by atoms with Gasteiger partial charge in [0.2, 0.25) is 0 Å². The van der Waals surface area contributed by atoms with Gasteiger partial charge >= 0.3 is 5.97 Å². The SMILES string of the molecule is O=C(OCCCl)C(O)CCF. The fraction of sp³-hybridized carbons (Fsp3) is 0.833. The molecule has 0 saturated heterocycles. The molecule has 5 heteroatoms. The van der Waals surface area contributed by atoms with Gasteiger partial charge < -0.3 is 9.84 Å². The molecule has 1 atom stereocenters. The van der Waals surface area contributed by atoms with E-state index in [0.717, 1.165) is 0 Å². The van der Waals surface area contributed by atoms with Crippen molar-refractivity contribution in [2.24, 2.45) is 0 Å². The molecule has 0 aromatic rings. The lowest BCUT2D eigenvalue weighted by Crippen LogP contribution is -2.24. The smallest absolute Gasteiger partial charge is 0.335 e. The second kappa shape index (κ2) is 6.37. The number of halogens is 2. The van der Waals surface area contributed by atoms with E-state index in [0.29, 0.717) is 0 Å². The van der Waals surface area contributed by atoms with Crippen LogP contribution in [0.1, 0.15) is 6.42 Å². The third-order valence-corrected chi connectivity index (χ3v) is 1.13. The highest BCUT2D eigenvalue weighted by molar-refractivity contribution is 6.18. The molecule has 0 heterocycles. The van der Waals surface area contributed by atoms with Crippen molar-refractivity contribution in [3.05, 3.63) is 0 Å². The summed E-state index contributed by atoms with van der Waals surface area (Å²) in [6, 6.07) is 0. The van der Waals surface area contributed by atoms with Crippen molar-refractivity contribution in [2.45, 2.75) is 12.5 Å². The number of aliphatic hydroxyl groups is 1. The minimum absolute atomic E-state index is 0.0454. The highest BCUT2D eigenvalue weighted by atomic mass is 35.5. The fourth-order valence-electron chi connectivity index (χ4n) is 0.457. The third kappa shape index (κ3) is 4.98. The van der Waals surface area contributed by atoms with Crippen molar-refractivity contribution in [1.29, 1.82) is 0 Å². The van der Waals surface area contributed by atoms with Crippen molar-refractivity contribution < 1.29 is 19.0 Å². The van der Waals surface area contributed by atoms with E-state index in [4.69, 9.17) is 16.7 Å². The number of carbonyl (C=O) groups is 1. The Balaban J connectivity index is 3.47. The lowest BCUT2D eigenvalue weighted by molar-refractivity contribution is -0.153. The van der Waals surface area contributed by atoms with Gasteiger partial charge in [0.15, 0.2) is 6.10 Å². The summed E-state index contributed by atoms with van der Waals surface area (Å²) < 4.78 is 16.0. The third-order valence-electron chi connectivity index (χ3n) is 0.976. The van der Waals surface area contributed by atoms with Gasteiger partial charge in [-0.1, -0.05) is 0 Å². The minimum atomic E-state index is -1.36. The summed E-state index contributed by atoms with van der Waals surface area (Å²) in [5, 5.41) is 8.79. The standard InChI is InChI=1S/C6H10ClFO3/c7-2-4-11-6(10)5(9)1-3-8/h5,9H,1-4H2. The van der Waals surface area contributed by atoms with Gasteiger partial charge in [-0.25, -0.2) is 4.79 Å². The molecule has 66 valence electrons. The maximum atomic E-state index is 11.5. The largest absolute Gasteiger partial charge is 0.463 e. The number of esters is 1.